The molecule has 0 saturated heterocycles. The highest BCUT2D eigenvalue weighted by molar-refractivity contribution is 7.88. The monoisotopic (exact) mass is 459 g/mol. The molecule has 0 aliphatic carbocycles. The van der Waals surface area contributed by atoms with Crippen LogP contribution in [0.25, 0.3) is 11.3 Å². The van der Waals surface area contributed by atoms with E-state index < -0.39 is 15.8 Å². The smallest absolute Gasteiger partial charge is 0.220 e. The van der Waals surface area contributed by atoms with Gasteiger partial charge in [-0.25, -0.2) is 22.5 Å². The lowest BCUT2D eigenvalue weighted by atomic mass is 10.1. The molecule has 9 heteroatoms. The van der Waals surface area contributed by atoms with Gasteiger partial charge >= 0.3 is 0 Å². The number of hydrogen-bond donors (Lipinski definition) is 2. The third kappa shape index (κ3) is 7.00. The van der Waals surface area contributed by atoms with Gasteiger partial charge in [-0.05, 0) is 37.1 Å². The number of oxazole rings is 1. The molecule has 0 fully saturated rings. The Bertz CT molecular complexity index is 1160. The second kappa shape index (κ2) is 10.5. The number of halogens is 1. The summed E-state index contributed by atoms with van der Waals surface area (Å²) in [5.41, 5.74) is 1.85. The molecule has 0 aliphatic heterocycles. The van der Waals surface area contributed by atoms with Gasteiger partial charge in [-0.2, -0.15) is 0 Å². The van der Waals surface area contributed by atoms with Gasteiger partial charge in [0.05, 0.1) is 17.5 Å². The maximum atomic E-state index is 13.8. The van der Waals surface area contributed by atoms with Crippen molar-refractivity contribution in [2.75, 3.05) is 0 Å². The summed E-state index contributed by atoms with van der Waals surface area (Å²) in [4.78, 5) is 16.3. The summed E-state index contributed by atoms with van der Waals surface area (Å²) in [6.07, 6.45) is 1.92. The molecule has 0 radical (unpaired) electrons. The van der Waals surface area contributed by atoms with E-state index in [0.717, 1.165) is 5.56 Å². The number of nitrogens with one attached hydrogen (secondary N) is 2. The van der Waals surface area contributed by atoms with Crippen molar-refractivity contribution in [1.82, 2.24) is 15.0 Å². The standard InChI is InChI=1S/C23H26FN3O4S/c1-16(2)27-32(29,30)15-18-9-7-17(8-10-18)13-25-22(28)11-12-23-26-14-21(31-23)19-5-3-4-6-20(19)24/h3-10,14,16,27H,11-13,15H2,1-2H3,(H,25,28). The number of rotatable bonds is 10. The first-order valence-electron chi connectivity index (χ1n) is 10.3. The molecule has 0 atom stereocenters. The normalized spacial score (nSPS) is 11.6. The molecule has 3 aromatic rings. The highest BCUT2D eigenvalue weighted by atomic mass is 32.2. The maximum Gasteiger partial charge on any atom is 0.220 e. The third-order valence-corrected chi connectivity index (χ3v) is 6.09. The van der Waals surface area contributed by atoms with Crippen LogP contribution >= 0.6 is 0 Å². The second-order valence-corrected chi connectivity index (χ2v) is 9.48. The minimum absolute atomic E-state index is 0.0944. The number of aromatic nitrogens is 1. The van der Waals surface area contributed by atoms with Gasteiger partial charge in [0.25, 0.3) is 0 Å². The van der Waals surface area contributed by atoms with Crippen LogP contribution in [0.2, 0.25) is 0 Å². The average molecular weight is 460 g/mol. The summed E-state index contributed by atoms with van der Waals surface area (Å²) < 4.78 is 45.9. The predicted octanol–water partition coefficient (Wildman–Crippen LogP) is 3.56. The first-order chi connectivity index (χ1) is 15.2. The van der Waals surface area contributed by atoms with Crippen LogP contribution in [-0.2, 0) is 33.5 Å². The number of sulfonamides is 1. The van der Waals surface area contributed by atoms with Crippen LogP contribution < -0.4 is 10.0 Å². The quantitative estimate of drug-likeness (QED) is 0.483. The van der Waals surface area contributed by atoms with Crippen molar-refractivity contribution in [3.63, 3.8) is 0 Å². The molecular formula is C23H26FN3O4S. The molecule has 0 bridgehead atoms. The number of amides is 1. The van der Waals surface area contributed by atoms with Crippen molar-refractivity contribution < 1.29 is 22.0 Å². The predicted molar refractivity (Wildman–Crippen MR) is 119 cm³/mol. The fraction of sp³-hybridized carbons (Fsp3) is 0.304. The first kappa shape index (κ1) is 23.6. The SMILES string of the molecule is CC(C)NS(=O)(=O)Cc1ccc(CNC(=O)CCc2ncc(-c3ccccc3F)o2)cc1. The number of hydrogen-bond acceptors (Lipinski definition) is 5. The Hall–Kier alpha value is -3.04. The van der Waals surface area contributed by atoms with E-state index in [2.05, 4.69) is 15.0 Å². The van der Waals surface area contributed by atoms with Gasteiger partial charge in [-0.3, -0.25) is 4.79 Å². The summed E-state index contributed by atoms with van der Waals surface area (Å²) in [6.45, 7) is 3.86. The van der Waals surface area contributed by atoms with Gasteiger partial charge in [-0.15, -0.1) is 0 Å². The molecule has 2 N–H and O–H groups in total. The minimum Gasteiger partial charge on any atom is -0.441 e. The van der Waals surface area contributed by atoms with Gasteiger partial charge in [0.15, 0.2) is 11.7 Å². The van der Waals surface area contributed by atoms with Crippen LogP contribution in [0, 0.1) is 5.82 Å². The molecule has 0 aliphatic rings. The summed E-state index contributed by atoms with van der Waals surface area (Å²) in [6, 6.07) is 13.1. The molecule has 2 aromatic carbocycles. The van der Waals surface area contributed by atoms with Crippen molar-refractivity contribution in [2.24, 2.45) is 0 Å². The average Bonchev–Trinajstić information content (AvgIpc) is 3.19. The molecule has 7 nitrogen and oxygen atoms in total. The Morgan fingerprint density at radius 3 is 2.47 bits per heavy atom. The van der Waals surface area contributed by atoms with Crippen LogP contribution in [0.4, 0.5) is 4.39 Å². The lowest BCUT2D eigenvalue weighted by molar-refractivity contribution is -0.121. The van der Waals surface area contributed by atoms with Crippen LogP contribution in [0.15, 0.2) is 59.1 Å². The van der Waals surface area contributed by atoms with E-state index in [1.54, 1.807) is 56.3 Å². The number of carbonyl (C=O) groups excluding carboxylic acids is 1. The van der Waals surface area contributed by atoms with Gasteiger partial charge in [0.1, 0.15) is 5.82 Å². The van der Waals surface area contributed by atoms with E-state index in [-0.39, 0.29) is 24.1 Å². The van der Waals surface area contributed by atoms with E-state index >= 15 is 0 Å². The van der Waals surface area contributed by atoms with Crippen LogP contribution in [0.3, 0.4) is 0 Å². The maximum absolute atomic E-state index is 13.8. The molecular weight excluding hydrogens is 433 g/mol. The molecule has 0 spiro atoms. The summed E-state index contributed by atoms with van der Waals surface area (Å²) in [5.74, 6) is 0.0161. The van der Waals surface area contributed by atoms with Crippen LogP contribution in [0.1, 0.15) is 37.3 Å². The summed E-state index contributed by atoms with van der Waals surface area (Å²) in [5, 5.41) is 2.81. The lowest BCUT2D eigenvalue weighted by Gasteiger charge is -2.10. The van der Waals surface area contributed by atoms with Crippen molar-refractivity contribution in [3.05, 3.63) is 77.6 Å². The number of nitrogens with zero attached hydrogens (tertiary/aromatic N) is 1. The zero-order chi connectivity index (χ0) is 23.1. The topological polar surface area (TPSA) is 101 Å². The van der Waals surface area contributed by atoms with Crippen LogP contribution in [0.5, 0.6) is 0 Å². The number of benzene rings is 2. The van der Waals surface area contributed by atoms with Crippen molar-refractivity contribution in [1.29, 1.82) is 0 Å². The molecule has 0 saturated carbocycles. The number of aryl methyl sites for hydroxylation is 1. The Kier molecular flexibility index (Phi) is 7.76. The summed E-state index contributed by atoms with van der Waals surface area (Å²) >= 11 is 0. The molecule has 0 unspecified atom stereocenters. The Labute approximate surface area is 187 Å². The van der Waals surface area contributed by atoms with Crippen LogP contribution in [-0.4, -0.2) is 25.4 Å². The van der Waals surface area contributed by atoms with Gasteiger partial charge < -0.3 is 9.73 Å². The fourth-order valence-corrected chi connectivity index (χ4v) is 4.53. The van der Waals surface area contributed by atoms with Crippen molar-refractivity contribution >= 4 is 15.9 Å². The van der Waals surface area contributed by atoms with Gasteiger partial charge in [-0.1, -0.05) is 36.4 Å². The molecule has 1 amide bonds. The third-order valence-electron chi connectivity index (χ3n) is 4.54. The molecule has 1 aromatic heterocycles. The molecule has 32 heavy (non-hydrogen) atoms. The highest BCUT2D eigenvalue weighted by Crippen LogP contribution is 2.23. The van der Waals surface area contributed by atoms with E-state index in [4.69, 9.17) is 4.42 Å². The Morgan fingerprint density at radius 1 is 1.09 bits per heavy atom. The highest BCUT2D eigenvalue weighted by Gasteiger charge is 2.14. The van der Waals surface area contributed by atoms with Gasteiger partial charge in [0, 0.05) is 25.4 Å². The van der Waals surface area contributed by atoms with E-state index in [9.17, 15) is 17.6 Å². The molecule has 1 heterocycles. The van der Waals surface area contributed by atoms with Gasteiger partial charge in [0.2, 0.25) is 15.9 Å². The van der Waals surface area contributed by atoms with E-state index in [1.807, 2.05) is 0 Å². The zero-order valence-corrected chi connectivity index (χ0v) is 18.8. The van der Waals surface area contributed by atoms with Crippen molar-refractivity contribution in [2.45, 2.75) is 45.0 Å². The Balaban J connectivity index is 1.46. The summed E-state index contributed by atoms with van der Waals surface area (Å²) in [7, 11) is -3.38. The second-order valence-electron chi connectivity index (χ2n) is 7.72. The molecule has 3 rings (SSSR count). The zero-order valence-electron chi connectivity index (χ0n) is 18.0. The Morgan fingerprint density at radius 2 is 1.78 bits per heavy atom. The van der Waals surface area contributed by atoms with E-state index in [1.165, 1.54) is 12.3 Å². The number of carbonyl (C=O) groups is 1. The largest absolute Gasteiger partial charge is 0.441 e. The fourth-order valence-electron chi connectivity index (χ4n) is 3.09. The van der Waals surface area contributed by atoms with E-state index in [0.29, 0.717) is 35.7 Å². The molecule has 170 valence electrons. The minimum atomic E-state index is -3.38. The first-order valence-corrected chi connectivity index (χ1v) is 11.9. The van der Waals surface area contributed by atoms with Crippen molar-refractivity contribution in [3.8, 4) is 11.3 Å². The lowest BCUT2D eigenvalue weighted by Crippen LogP contribution is -2.31.